The standard InChI is InChI=1S/C7H6F3O2/c1-6(4-7(8,9)10)3-2-5(11)12-6/h3H,4H2,1H3. The van der Waals surface area contributed by atoms with Crippen LogP contribution < -0.4 is 0 Å². The zero-order chi connectivity index (χ0) is 9.41. The van der Waals surface area contributed by atoms with E-state index < -0.39 is 24.2 Å². The molecular formula is C7H6F3O2. The normalized spacial score (nSPS) is 29.2. The topological polar surface area (TPSA) is 26.3 Å². The summed E-state index contributed by atoms with van der Waals surface area (Å²) < 4.78 is 39.9. The van der Waals surface area contributed by atoms with E-state index in [4.69, 9.17) is 0 Å². The highest BCUT2D eigenvalue weighted by Crippen LogP contribution is 2.32. The summed E-state index contributed by atoms with van der Waals surface area (Å²) in [4.78, 5) is 10.4. The summed E-state index contributed by atoms with van der Waals surface area (Å²) in [6.07, 6.45) is -2.45. The van der Waals surface area contributed by atoms with E-state index in [0.29, 0.717) is 0 Å². The monoisotopic (exact) mass is 179 g/mol. The Balaban J connectivity index is 2.64. The van der Waals surface area contributed by atoms with Gasteiger partial charge in [0.05, 0.1) is 12.5 Å². The Bertz CT molecular complexity index is 231. The number of halogens is 3. The Morgan fingerprint density at radius 3 is 2.58 bits per heavy atom. The second-order valence-electron chi connectivity index (χ2n) is 2.78. The van der Waals surface area contributed by atoms with Crippen LogP contribution in [0.15, 0.2) is 6.08 Å². The molecule has 67 valence electrons. The zero-order valence-corrected chi connectivity index (χ0v) is 6.23. The molecule has 1 rings (SSSR count). The van der Waals surface area contributed by atoms with Crippen molar-refractivity contribution in [3.8, 4) is 0 Å². The van der Waals surface area contributed by atoms with Crippen LogP contribution in [0, 0.1) is 6.08 Å². The minimum atomic E-state index is -4.34. The molecule has 0 amide bonds. The van der Waals surface area contributed by atoms with Gasteiger partial charge in [-0.2, -0.15) is 13.2 Å². The van der Waals surface area contributed by atoms with Crippen molar-refractivity contribution in [3.63, 3.8) is 0 Å². The minimum absolute atomic E-state index is 0.846. The second-order valence-corrected chi connectivity index (χ2v) is 2.78. The highest BCUT2D eigenvalue weighted by atomic mass is 19.4. The largest absolute Gasteiger partial charge is 0.451 e. The summed E-state index contributed by atoms with van der Waals surface area (Å²) in [6.45, 7) is 1.19. The van der Waals surface area contributed by atoms with Crippen LogP contribution in [0.4, 0.5) is 13.2 Å². The Labute approximate surface area is 67.0 Å². The molecule has 2 nitrogen and oxygen atoms in total. The molecule has 1 aliphatic heterocycles. The van der Waals surface area contributed by atoms with Gasteiger partial charge in [-0.15, -0.1) is 0 Å². The summed E-state index contributed by atoms with van der Waals surface area (Å²) in [7, 11) is 0. The van der Waals surface area contributed by atoms with Gasteiger partial charge in [-0.25, -0.2) is 4.79 Å². The fourth-order valence-corrected chi connectivity index (χ4v) is 0.967. The van der Waals surface area contributed by atoms with E-state index in [1.165, 1.54) is 6.92 Å². The Kier molecular flexibility index (Phi) is 1.89. The number of carbonyl (C=O) groups is 1. The first-order valence-corrected chi connectivity index (χ1v) is 3.21. The number of rotatable bonds is 1. The molecule has 1 heterocycles. The molecule has 1 aliphatic rings. The molecule has 1 radical (unpaired) electrons. The highest BCUT2D eigenvalue weighted by Gasteiger charge is 2.42. The third-order valence-electron chi connectivity index (χ3n) is 1.37. The Morgan fingerprint density at radius 1 is 1.67 bits per heavy atom. The van der Waals surface area contributed by atoms with E-state index in [1.807, 2.05) is 6.08 Å². The number of cyclic esters (lactones) is 1. The first-order valence-electron chi connectivity index (χ1n) is 3.21. The van der Waals surface area contributed by atoms with E-state index in [2.05, 4.69) is 4.74 Å². The lowest BCUT2D eigenvalue weighted by Gasteiger charge is -2.22. The van der Waals surface area contributed by atoms with Gasteiger partial charge in [-0.05, 0) is 13.0 Å². The van der Waals surface area contributed by atoms with Crippen molar-refractivity contribution in [2.45, 2.75) is 25.1 Å². The molecule has 12 heavy (non-hydrogen) atoms. The molecule has 0 aliphatic carbocycles. The van der Waals surface area contributed by atoms with E-state index in [9.17, 15) is 18.0 Å². The molecule has 0 fully saturated rings. The lowest BCUT2D eigenvalue weighted by Crippen LogP contribution is -2.30. The van der Waals surface area contributed by atoms with Crippen molar-refractivity contribution in [2.75, 3.05) is 0 Å². The number of hydrogen-bond acceptors (Lipinski definition) is 2. The highest BCUT2D eigenvalue weighted by molar-refractivity contribution is 5.80. The van der Waals surface area contributed by atoms with Crippen LogP contribution in [0.2, 0.25) is 0 Å². The first-order chi connectivity index (χ1) is 5.31. The summed E-state index contributed by atoms with van der Waals surface area (Å²) in [6, 6.07) is 0. The predicted octanol–water partition coefficient (Wildman–Crippen LogP) is 1.61. The number of esters is 1. The molecule has 0 aromatic heterocycles. The zero-order valence-electron chi connectivity index (χ0n) is 6.23. The van der Waals surface area contributed by atoms with Gasteiger partial charge in [0.25, 0.3) is 0 Å². The Hall–Kier alpha value is -1.00. The average Bonchev–Trinajstić information content (AvgIpc) is 2.05. The molecule has 0 aromatic carbocycles. The van der Waals surface area contributed by atoms with Crippen LogP contribution in [0.1, 0.15) is 13.3 Å². The van der Waals surface area contributed by atoms with Crippen molar-refractivity contribution >= 4 is 5.97 Å². The molecule has 0 aromatic rings. The van der Waals surface area contributed by atoms with Crippen LogP contribution in [0.25, 0.3) is 0 Å². The van der Waals surface area contributed by atoms with Crippen molar-refractivity contribution < 1.29 is 22.7 Å². The van der Waals surface area contributed by atoms with Gasteiger partial charge in [0.15, 0.2) is 0 Å². The molecule has 1 atom stereocenters. The quantitative estimate of drug-likeness (QED) is 0.571. The fraction of sp³-hybridized carbons (Fsp3) is 0.571. The van der Waals surface area contributed by atoms with Crippen LogP contribution in [0.3, 0.4) is 0 Å². The molecule has 0 spiro atoms. The maximum Gasteiger partial charge on any atom is 0.393 e. The van der Waals surface area contributed by atoms with Gasteiger partial charge in [-0.3, -0.25) is 0 Å². The van der Waals surface area contributed by atoms with E-state index in [0.717, 1.165) is 6.08 Å². The van der Waals surface area contributed by atoms with Gasteiger partial charge < -0.3 is 4.74 Å². The smallest absolute Gasteiger partial charge is 0.393 e. The number of ether oxygens (including phenoxy) is 1. The van der Waals surface area contributed by atoms with Crippen LogP contribution in [0.5, 0.6) is 0 Å². The van der Waals surface area contributed by atoms with E-state index in [1.54, 1.807) is 0 Å². The summed E-state index contributed by atoms with van der Waals surface area (Å²) >= 11 is 0. The number of alkyl halides is 3. The lowest BCUT2D eigenvalue weighted by atomic mass is 10.0. The molecular weight excluding hydrogens is 173 g/mol. The summed E-state index contributed by atoms with van der Waals surface area (Å²) in [5.74, 6) is -0.846. The molecule has 1 unspecified atom stereocenters. The van der Waals surface area contributed by atoms with Gasteiger partial charge in [-0.1, -0.05) is 0 Å². The minimum Gasteiger partial charge on any atom is -0.451 e. The van der Waals surface area contributed by atoms with E-state index in [-0.39, 0.29) is 0 Å². The summed E-state index contributed by atoms with van der Waals surface area (Å²) in [5, 5.41) is 0. The third-order valence-corrected chi connectivity index (χ3v) is 1.37. The maximum atomic E-state index is 11.8. The van der Waals surface area contributed by atoms with Gasteiger partial charge >= 0.3 is 12.1 Å². The Morgan fingerprint density at radius 2 is 2.25 bits per heavy atom. The molecule has 0 saturated heterocycles. The van der Waals surface area contributed by atoms with Gasteiger partial charge in [0.2, 0.25) is 0 Å². The molecule has 5 heteroatoms. The van der Waals surface area contributed by atoms with Gasteiger partial charge in [0.1, 0.15) is 5.60 Å². The van der Waals surface area contributed by atoms with Crippen molar-refractivity contribution in [2.24, 2.45) is 0 Å². The maximum absolute atomic E-state index is 11.8. The molecule has 0 saturated carbocycles. The lowest BCUT2D eigenvalue weighted by molar-refractivity contribution is -0.176. The number of hydrogen-bond donors (Lipinski definition) is 0. The van der Waals surface area contributed by atoms with Gasteiger partial charge in [0, 0.05) is 0 Å². The average molecular weight is 179 g/mol. The predicted molar refractivity (Wildman–Crippen MR) is 33.0 cm³/mol. The van der Waals surface area contributed by atoms with E-state index >= 15 is 0 Å². The third kappa shape index (κ3) is 2.25. The molecule has 0 N–H and O–H groups in total. The van der Waals surface area contributed by atoms with Crippen LogP contribution in [-0.2, 0) is 9.53 Å². The number of carbonyl (C=O) groups excluding carboxylic acids is 1. The van der Waals surface area contributed by atoms with Crippen molar-refractivity contribution in [3.05, 3.63) is 12.2 Å². The SMILES string of the molecule is CC1(CC(F)(F)F)C=[C]C(=O)O1. The van der Waals surface area contributed by atoms with Crippen LogP contribution in [-0.4, -0.2) is 17.7 Å². The van der Waals surface area contributed by atoms with Crippen molar-refractivity contribution in [1.82, 2.24) is 0 Å². The van der Waals surface area contributed by atoms with Crippen LogP contribution >= 0.6 is 0 Å². The van der Waals surface area contributed by atoms with Crippen molar-refractivity contribution in [1.29, 1.82) is 0 Å². The fourth-order valence-electron chi connectivity index (χ4n) is 0.967. The molecule has 0 bridgehead atoms. The first kappa shape index (κ1) is 9.09. The summed E-state index contributed by atoms with van der Waals surface area (Å²) in [5.41, 5.74) is -1.56. The second kappa shape index (κ2) is 2.50.